The average Bonchev–Trinajstić information content (AvgIpc) is 3.61. The van der Waals surface area contributed by atoms with Crippen molar-refractivity contribution in [1.29, 1.82) is 0 Å². The first-order valence-electron chi connectivity index (χ1n) is 12.2. The van der Waals surface area contributed by atoms with Crippen LogP contribution in [-0.2, 0) is 19.1 Å². The number of alkyl carbamates (subject to hydrolysis) is 1. The number of carbonyl (C=O) groups excluding carboxylic acids is 2. The van der Waals surface area contributed by atoms with Crippen LogP contribution in [0.15, 0.2) is 48.5 Å². The monoisotopic (exact) mass is 478 g/mol. The summed E-state index contributed by atoms with van der Waals surface area (Å²) in [4.78, 5) is 36.8. The molecule has 184 valence electrons. The molecule has 3 N–H and O–H groups in total. The molecule has 0 radical (unpaired) electrons. The Morgan fingerprint density at radius 1 is 1.03 bits per heavy atom. The van der Waals surface area contributed by atoms with Crippen LogP contribution in [0.2, 0.25) is 0 Å². The van der Waals surface area contributed by atoms with Crippen LogP contribution in [-0.4, -0.2) is 56.0 Å². The summed E-state index contributed by atoms with van der Waals surface area (Å²) in [6, 6.07) is 16.3. The van der Waals surface area contributed by atoms with E-state index >= 15 is 0 Å². The van der Waals surface area contributed by atoms with Crippen LogP contribution >= 0.6 is 0 Å². The number of hydrogen-bond acceptors (Lipinski definition) is 5. The fourth-order valence-corrected chi connectivity index (χ4v) is 5.33. The predicted molar refractivity (Wildman–Crippen MR) is 128 cm³/mol. The van der Waals surface area contributed by atoms with Crippen LogP contribution in [0.1, 0.15) is 36.3 Å². The lowest BCUT2D eigenvalue weighted by Gasteiger charge is -2.35. The summed E-state index contributed by atoms with van der Waals surface area (Å²) < 4.78 is 11.2. The van der Waals surface area contributed by atoms with E-state index in [4.69, 9.17) is 14.6 Å². The van der Waals surface area contributed by atoms with Gasteiger partial charge in [-0.25, -0.2) is 4.79 Å². The van der Waals surface area contributed by atoms with E-state index in [0.29, 0.717) is 32.4 Å². The number of nitrogens with one attached hydrogen (secondary N) is 2. The van der Waals surface area contributed by atoms with E-state index in [1.165, 1.54) is 0 Å². The fraction of sp³-hybridized carbons (Fsp3) is 0.444. The van der Waals surface area contributed by atoms with Crippen molar-refractivity contribution in [3.8, 4) is 11.1 Å². The maximum atomic E-state index is 13.1. The first-order chi connectivity index (χ1) is 17.0. The van der Waals surface area contributed by atoms with Gasteiger partial charge in [0.25, 0.3) is 0 Å². The zero-order valence-corrected chi connectivity index (χ0v) is 19.5. The van der Waals surface area contributed by atoms with Crippen LogP contribution in [0.3, 0.4) is 0 Å². The minimum atomic E-state index is -0.891. The third-order valence-corrected chi connectivity index (χ3v) is 7.48. The molecule has 35 heavy (non-hydrogen) atoms. The van der Waals surface area contributed by atoms with Crippen molar-refractivity contribution in [2.45, 2.75) is 25.2 Å². The van der Waals surface area contributed by atoms with Gasteiger partial charge in [-0.2, -0.15) is 0 Å². The summed E-state index contributed by atoms with van der Waals surface area (Å²) in [7, 11) is 0. The lowest BCUT2D eigenvalue weighted by atomic mass is 9.81. The molecule has 1 heterocycles. The second-order valence-corrected chi connectivity index (χ2v) is 9.77. The molecule has 2 aromatic carbocycles. The van der Waals surface area contributed by atoms with Crippen LogP contribution in [0.25, 0.3) is 11.1 Å². The molecule has 2 amide bonds. The molecule has 2 fully saturated rings. The highest BCUT2D eigenvalue weighted by molar-refractivity contribution is 5.84. The minimum absolute atomic E-state index is 0.0342. The van der Waals surface area contributed by atoms with Gasteiger partial charge in [-0.15, -0.1) is 0 Å². The Labute approximate surface area is 204 Å². The van der Waals surface area contributed by atoms with Gasteiger partial charge in [0.1, 0.15) is 6.61 Å². The Balaban J connectivity index is 1.18. The molecule has 3 aliphatic rings. The standard InChI is InChI=1S/C27H30N2O6/c30-24(31)22-12-17(22)13-28-25(32)27(10-5-11-34-16-27)15-29-26(33)35-14-23-20-8-3-1-6-18(20)19-7-2-4-9-21(19)23/h1-4,6-9,17,22-23H,5,10-16H2,(H,28,32)(H,29,33)(H,30,31). The molecule has 3 atom stereocenters. The van der Waals surface area contributed by atoms with E-state index in [0.717, 1.165) is 22.3 Å². The van der Waals surface area contributed by atoms with Gasteiger partial charge in [-0.1, -0.05) is 48.5 Å². The molecule has 1 aliphatic heterocycles. The summed E-state index contributed by atoms with van der Waals surface area (Å²) in [5.74, 6) is -1.49. The average molecular weight is 479 g/mol. The van der Waals surface area contributed by atoms with E-state index in [-0.39, 0.29) is 43.4 Å². The number of amides is 2. The number of rotatable bonds is 8. The molecule has 3 unspecified atom stereocenters. The van der Waals surface area contributed by atoms with E-state index in [1.54, 1.807) is 0 Å². The number of carboxylic acids is 1. The third kappa shape index (κ3) is 4.75. The number of carbonyl (C=O) groups is 3. The molecule has 0 bridgehead atoms. The first-order valence-corrected chi connectivity index (χ1v) is 12.2. The lowest BCUT2D eigenvalue weighted by molar-refractivity contribution is -0.140. The Kier molecular flexibility index (Phi) is 6.47. The molecule has 2 aromatic rings. The van der Waals surface area contributed by atoms with Crippen LogP contribution in [0.4, 0.5) is 4.79 Å². The molecule has 1 saturated heterocycles. The number of carboxylic acid groups (broad SMARTS) is 1. The van der Waals surface area contributed by atoms with Crippen molar-refractivity contribution < 1.29 is 29.0 Å². The summed E-state index contributed by atoms with van der Waals surface area (Å²) in [6.07, 6.45) is 1.30. The second kappa shape index (κ2) is 9.70. The molecular weight excluding hydrogens is 448 g/mol. The quantitative estimate of drug-likeness (QED) is 0.537. The number of aliphatic carboxylic acids is 1. The SMILES string of the molecule is O=C(NCC1(C(=O)NCC2CC2C(=O)O)CCCOC1)OCC1c2ccccc2-c2ccccc21. The summed E-state index contributed by atoms with van der Waals surface area (Å²) in [6.45, 7) is 1.40. The van der Waals surface area contributed by atoms with E-state index < -0.39 is 17.5 Å². The number of benzene rings is 2. The van der Waals surface area contributed by atoms with Crippen molar-refractivity contribution in [3.05, 3.63) is 59.7 Å². The highest BCUT2D eigenvalue weighted by Gasteiger charge is 2.45. The maximum Gasteiger partial charge on any atom is 0.407 e. The molecule has 8 nitrogen and oxygen atoms in total. The van der Waals surface area contributed by atoms with Crippen molar-refractivity contribution in [1.82, 2.24) is 10.6 Å². The normalized spacial score (nSPS) is 24.7. The molecule has 5 rings (SSSR count). The largest absolute Gasteiger partial charge is 0.481 e. The number of hydrogen-bond donors (Lipinski definition) is 3. The van der Waals surface area contributed by atoms with Gasteiger partial charge in [-0.05, 0) is 47.4 Å². The molecule has 0 spiro atoms. The van der Waals surface area contributed by atoms with Crippen LogP contribution in [0.5, 0.6) is 0 Å². The van der Waals surface area contributed by atoms with Crippen molar-refractivity contribution in [3.63, 3.8) is 0 Å². The Morgan fingerprint density at radius 3 is 2.31 bits per heavy atom. The predicted octanol–water partition coefficient (Wildman–Crippen LogP) is 3.16. The number of ether oxygens (including phenoxy) is 2. The van der Waals surface area contributed by atoms with Gasteiger partial charge in [-0.3, -0.25) is 9.59 Å². The van der Waals surface area contributed by atoms with Crippen molar-refractivity contribution in [2.24, 2.45) is 17.3 Å². The smallest absolute Gasteiger partial charge is 0.407 e. The van der Waals surface area contributed by atoms with Crippen molar-refractivity contribution in [2.75, 3.05) is 32.9 Å². The lowest BCUT2D eigenvalue weighted by Crippen LogP contribution is -2.53. The Hall–Kier alpha value is -3.39. The molecule has 8 heteroatoms. The topological polar surface area (TPSA) is 114 Å². The zero-order valence-electron chi connectivity index (χ0n) is 19.5. The minimum Gasteiger partial charge on any atom is -0.481 e. The van der Waals surface area contributed by atoms with Gasteiger partial charge in [0.05, 0.1) is 17.9 Å². The second-order valence-electron chi connectivity index (χ2n) is 9.77. The van der Waals surface area contributed by atoms with E-state index in [2.05, 4.69) is 34.9 Å². The van der Waals surface area contributed by atoms with Gasteiger partial charge in [0, 0.05) is 25.6 Å². The molecule has 1 saturated carbocycles. The van der Waals surface area contributed by atoms with Crippen LogP contribution in [0, 0.1) is 17.3 Å². The van der Waals surface area contributed by atoms with Gasteiger partial charge < -0.3 is 25.2 Å². The van der Waals surface area contributed by atoms with Crippen molar-refractivity contribution >= 4 is 18.0 Å². The summed E-state index contributed by atoms with van der Waals surface area (Å²) in [5.41, 5.74) is 3.70. The Morgan fingerprint density at radius 2 is 1.71 bits per heavy atom. The fourth-order valence-electron chi connectivity index (χ4n) is 5.33. The first kappa shape index (κ1) is 23.4. The zero-order chi connectivity index (χ0) is 24.4. The van der Waals surface area contributed by atoms with Gasteiger partial charge >= 0.3 is 12.1 Å². The molecule has 2 aliphatic carbocycles. The molecule has 0 aromatic heterocycles. The highest BCUT2D eigenvalue weighted by atomic mass is 16.5. The maximum absolute atomic E-state index is 13.1. The van der Waals surface area contributed by atoms with Gasteiger partial charge in [0.2, 0.25) is 5.91 Å². The highest BCUT2D eigenvalue weighted by Crippen LogP contribution is 2.44. The van der Waals surface area contributed by atoms with Gasteiger partial charge in [0.15, 0.2) is 0 Å². The molecular formula is C27H30N2O6. The summed E-state index contributed by atoms with van der Waals surface area (Å²) in [5, 5.41) is 14.7. The van der Waals surface area contributed by atoms with E-state index in [9.17, 15) is 14.4 Å². The van der Waals surface area contributed by atoms with E-state index in [1.807, 2.05) is 24.3 Å². The summed E-state index contributed by atoms with van der Waals surface area (Å²) >= 11 is 0. The third-order valence-electron chi connectivity index (χ3n) is 7.48. The number of fused-ring (bicyclic) bond motifs is 3. The van der Waals surface area contributed by atoms with Crippen LogP contribution < -0.4 is 10.6 Å². The Bertz CT molecular complexity index is 1080.